The number of aromatic nitrogens is 4. The molecule has 1 unspecified atom stereocenters. The number of carbonyl (C=O) groups is 3. The number of imide groups is 1. The standard InChI is InChI=1S/C48H53F2N11O4/c1-2-48(65)16-13-28-5-11-39(55-43(28)48)61-42(27-3-4-27)41(50)35-23-53-47(57-44(35)61)54-32-8-6-30(7-9-32)51-17-18-52-31-14-19-58(20-15-31)33-25-59(26-33)38-21-29-24-60(46(64)34(29)22-36(38)49)37-10-12-40(62)56-45(37)63/h5-9,11,21-23,27,31,33,37,51-52,65H,2-4,10,12-20,24-26H2,1H3,(H,53,54,57)(H,56,62,63)/t37?,48-/m1/s1. The third-order valence-corrected chi connectivity index (χ3v) is 14.5. The van der Waals surface area contributed by atoms with Crippen LogP contribution in [0.5, 0.6) is 0 Å². The van der Waals surface area contributed by atoms with Crippen molar-refractivity contribution in [3.63, 3.8) is 0 Å². The molecule has 4 aliphatic heterocycles. The maximum Gasteiger partial charge on any atom is 0.255 e. The van der Waals surface area contributed by atoms with E-state index >= 15 is 8.78 Å². The van der Waals surface area contributed by atoms with E-state index in [1.165, 1.54) is 11.0 Å². The molecule has 4 fully saturated rings. The number of fused-ring (bicyclic) bond motifs is 3. The molecule has 15 nitrogen and oxygen atoms in total. The number of carbonyl (C=O) groups excluding carboxylic acids is 3. The molecule has 7 heterocycles. The van der Waals surface area contributed by atoms with Crippen LogP contribution in [-0.4, -0.2) is 110 Å². The van der Waals surface area contributed by atoms with Crippen LogP contribution in [-0.2, 0) is 28.2 Å². The Balaban J connectivity index is 0.644. The fraction of sp³-hybridized carbons (Fsp3) is 0.458. The van der Waals surface area contributed by atoms with Crippen LogP contribution in [0.2, 0.25) is 0 Å². The summed E-state index contributed by atoms with van der Waals surface area (Å²) in [5, 5.41) is 24.4. The SMILES string of the molecule is CC[C@@]1(O)CCc2ccc(-n3c(C4CC4)c(F)c4cnc(Nc5ccc(NCCNC6CCN(C7CN(c8cc9c(cc8F)C(=O)N(C8CCC(=O)NC8=O)C9)C7)CC6)cc5)nc43)nc21. The molecule has 0 radical (unpaired) electrons. The Morgan fingerprint density at radius 3 is 2.45 bits per heavy atom. The van der Waals surface area contributed by atoms with Crippen LogP contribution in [0.25, 0.3) is 16.9 Å². The third kappa shape index (κ3) is 7.66. The van der Waals surface area contributed by atoms with E-state index in [0.29, 0.717) is 83.5 Å². The molecule has 1 saturated carbocycles. The summed E-state index contributed by atoms with van der Waals surface area (Å²) < 4.78 is 33.2. The molecule has 338 valence electrons. The molecule has 0 spiro atoms. The van der Waals surface area contributed by atoms with Crippen molar-refractivity contribution in [1.29, 1.82) is 0 Å². The third-order valence-electron chi connectivity index (χ3n) is 14.5. The lowest BCUT2D eigenvalue weighted by atomic mass is 9.98. The van der Waals surface area contributed by atoms with Crippen LogP contribution >= 0.6 is 0 Å². The zero-order chi connectivity index (χ0) is 44.6. The second-order valence-corrected chi connectivity index (χ2v) is 18.6. The lowest BCUT2D eigenvalue weighted by Crippen LogP contribution is -2.62. The summed E-state index contributed by atoms with van der Waals surface area (Å²) in [4.78, 5) is 57.4. The molecule has 2 aromatic carbocycles. The molecule has 3 saturated heterocycles. The number of hydrogen-bond acceptors (Lipinski definition) is 12. The van der Waals surface area contributed by atoms with Crippen molar-refractivity contribution < 1.29 is 28.3 Å². The Labute approximate surface area is 375 Å². The van der Waals surface area contributed by atoms with Crippen molar-refractivity contribution in [1.82, 2.24) is 40.0 Å². The first kappa shape index (κ1) is 41.7. The van der Waals surface area contributed by atoms with Gasteiger partial charge in [0.15, 0.2) is 11.5 Å². The second-order valence-electron chi connectivity index (χ2n) is 18.6. The highest BCUT2D eigenvalue weighted by Gasteiger charge is 2.42. The number of benzene rings is 2. The van der Waals surface area contributed by atoms with Crippen molar-refractivity contribution >= 4 is 51.8 Å². The maximum atomic E-state index is 16.0. The van der Waals surface area contributed by atoms with E-state index in [1.54, 1.807) is 12.3 Å². The van der Waals surface area contributed by atoms with Crippen LogP contribution in [0.1, 0.15) is 97.1 Å². The molecule has 3 aromatic heterocycles. The fourth-order valence-electron chi connectivity index (χ4n) is 10.5. The average molecular weight is 886 g/mol. The molecule has 17 heteroatoms. The van der Waals surface area contributed by atoms with Gasteiger partial charge in [-0.1, -0.05) is 13.0 Å². The van der Waals surface area contributed by atoms with E-state index in [2.05, 4.69) is 31.2 Å². The molecule has 65 heavy (non-hydrogen) atoms. The Bertz CT molecular complexity index is 2710. The Morgan fingerprint density at radius 1 is 0.908 bits per heavy atom. The van der Waals surface area contributed by atoms with Gasteiger partial charge in [0.2, 0.25) is 17.8 Å². The molecular formula is C48H53F2N11O4. The number of hydrogen-bond donors (Lipinski definition) is 5. The summed E-state index contributed by atoms with van der Waals surface area (Å²) in [6, 6.07) is 14.9. The highest BCUT2D eigenvalue weighted by Crippen LogP contribution is 2.46. The van der Waals surface area contributed by atoms with Gasteiger partial charge in [0.25, 0.3) is 5.91 Å². The highest BCUT2D eigenvalue weighted by molar-refractivity contribution is 6.05. The molecule has 6 aliphatic rings. The number of piperidine rings is 2. The van der Waals surface area contributed by atoms with Gasteiger partial charge in [0.05, 0.1) is 22.5 Å². The van der Waals surface area contributed by atoms with Gasteiger partial charge in [-0.3, -0.25) is 29.2 Å². The lowest BCUT2D eigenvalue weighted by Gasteiger charge is -2.48. The smallest absolute Gasteiger partial charge is 0.255 e. The van der Waals surface area contributed by atoms with Crippen molar-refractivity contribution in [2.24, 2.45) is 0 Å². The van der Waals surface area contributed by atoms with Crippen LogP contribution < -0.4 is 26.2 Å². The number of nitrogens with one attached hydrogen (secondary N) is 4. The van der Waals surface area contributed by atoms with Gasteiger partial charge in [-0.2, -0.15) is 4.98 Å². The summed E-state index contributed by atoms with van der Waals surface area (Å²) in [6.45, 7) is 7.12. The van der Waals surface area contributed by atoms with E-state index in [9.17, 15) is 19.5 Å². The number of anilines is 4. The molecule has 5 N–H and O–H groups in total. The maximum absolute atomic E-state index is 16.0. The molecule has 2 aliphatic carbocycles. The summed E-state index contributed by atoms with van der Waals surface area (Å²) >= 11 is 0. The first-order valence-electron chi connectivity index (χ1n) is 23.1. The molecule has 11 rings (SSSR count). The van der Waals surface area contributed by atoms with Crippen molar-refractivity contribution in [2.75, 3.05) is 54.8 Å². The van der Waals surface area contributed by atoms with Crippen LogP contribution in [0, 0.1) is 11.6 Å². The van der Waals surface area contributed by atoms with Gasteiger partial charge in [0, 0.05) is 93.4 Å². The minimum Gasteiger partial charge on any atom is -0.384 e. The van der Waals surface area contributed by atoms with Gasteiger partial charge in [-0.15, -0.1) is 0 Å². The number of pyridine rings is 1. The predicted octanol–water partition coefficient (Wildman–Crippen LogP) is 5.37. The van der Waals surface area contributed by atoms with Crippen LogP contribution in [0.3, 0.4) is 0 Å². The molecule has 2 atom stereocenters. The van der Waals surface area contributed by atoms with E-state index in [-0.39, 0.29) is 48.5 Å². The second kappa shape index (κ2) is 16.4. The van der Waals surface area contributed by atoms with Crippen molar-refractivity contribution in [3.8, 4) is 5.82 Å². The molecule has 5 aromatic rings. The largest absolute Gasteiger partial charge is 0.384 e. The number of halogens is 2. The first-order valence-corrected chi connectivity index (χ1v) is 23.1. The van der Waals surface area contributed by atoms with Gasteiger partial charge in [-0.25, -0.2) is 18.7 Å². The summed E-state index contributed by atoms with van der Waals surface area (Å²) in [5.74, 6) is -0.923. The van der Waals surface area contributed by atoms with E-state index in [1.807, 2.05) is 52.8 Å². The summed E-state index contributed by atoms with van der Waals surface area (Å²) in [6.07, 6.45) is 7.82. The van der Waals surface area contributed by atoms with Crippen LogP contribution in [0.4, 0.5) is 31.8 Å². The van der Waals surface area contributed by atoms with Gasteiger partial charge in [0.1, 0.15) is 23.3 Å². The van der Waals surface area contributed by atoms with Crippen LogP contribution in [0.15, 0.2) is 54.7 Å². The molecular weight excluding hydrogens is 833 g/mol. The predicted molar refractivity (Wildman–Crippen MR) is 240 cm³/mol. The minimum atomic E-state index is -0.982. The van der Waals surface area contributed by atoms with Gasteiger partial charge < -0.3 is 30.9 Å². The quantitative estimate of drug-likeness (QED) is 0.0757. The van der Waals surface area contributed by atoms with E-state index in [4.69, 9.17) is 9.97 Å². The Morgan fingerprint density at radius 2 is 1.69 bits per heavy atom. The number of nitrogens with zero attached hydrogens (tertiary/aromatic N) is 7. The summed E-state index contributed by atoms with van der Waals surface area (Å²) in [7, 11) is 0. The summed E-state index contributed by atoms with van der Waals surface area (Å²) in [5.41, 5.74) is 5.02. The average Bonchev–Trinajstić information content (AvgIpc) is 3.94. The Hall–Kier alpha value is -6.04. The lowest BCUT2D eigenvalue weighted by molar-refractivity contribution is -0.136. The number of rotatable bonds is 13. The zero-order valence-corrected chi connectivity index (χ0v) is 36.4. The topological polar surface area (TPSA) is 173 Å². The zero-order valence-electron chi connectivity index (χ0n) is 36.4. The van der Waals surface area contributed by atoms with Crippen molar-refractivity contribution in [3.05, 3.63) is 94.4 Å². The number of aryl methyl sites for hydroxylation is 1. The molecule has 0 bridgehead atoms. The van der Waals surface area contributed by atoms with E-state index < -0.39 is 23.4 Å². The minimum absolute atomic E-state index is 0.0912. The number of aliphatic hydroxyl groups is 1. The molecule has 3 amide bonds. The number of likely N-dealkylation sites (tertiary alicyclic amines) is 1. The monoisotopic (exact) mass is 885 g/mol. The van der Waals surface area contributed by atoms with Gasteiger partial charge in [-0.05, 0) is 105 Å². The number of amides is 3. The Kier molecular flexibility index (Phi) is 10.5. The fourth-order valence-corrected chi connectivity index (χ4v) is 10.5. The first-order chi connectivity index (χ1) is 31.5. The van der Waals surface area contributed by atoms with E-state index in [0.717, 1.165) is 75.2 Å². The van der Waals surface area contributed by atoms with Gasteiger partial charge >= 0.3 is 0 Å². The normalized spacial score (nSPS) is 22.6. The van der Waals surface area contributed by atoms with Crippen molar-refractivity contribution in [2.45, 2.75) is 101 Å². The highest BCUT2D eigenvalue weighted by atomic mass is 19.1.